The molecule has 1 saturated heterocycles. The van der Waals surface area contributed by atoms with Crippen LogP contribution < -0.4 is 5.56 Å². The van der Waals surface area contributed by atoms with Crippen molar-refractivity contribution in [1.82, 2.24) is 19.4 Å². The highest BCUT2D eigenvalue weighted by molar-refractivity contribution is 5.40. The summed E-state index contributed by atoms with van der Waals surface area (Å²) in [5, 5.41) is 11.0. The molecule has 0 radical (unpaired) electrons. The third-order valence-electron chi connectivity index (χ3n) is 6.20. The van der Waals surface area contributed by atoms with Crippen molar-refractivity contribution in [3.05, 3.63) is 93.7 Å². The van der Waals surface area contributed by atoms with Crippen LogP contribution in [0.15, 0.2) is 65.7 Å². The zero-order valence-electron chi connectivity index (χ0n) is 18.2. The van der Waals surface area contributed by atoms with Crippen molar-refractivity contribution in [3.8, 4) is 5.75 Å². The maximum atomic E-state index is 13.7. The van der Waals surface area contributed by atoms with Crippen LogP contribution in [0.25, 0.3) is 0 Å². The van der Waals surface area contributed by atoms with Gasteiger partial charge in [0.15, 0.2) is 0 Å². The molecule has 0 amide bonds. The molecule has 1 N–H and O–H groups in total. The van der Waals surface area contributed by atoms with Gasteiger partial charge in [0.1, 0.15) is 5.75 Å². The Balaban J connectivity index is 1.79. The van der Waals surface area contributed by atoms with E-state index in [9.17, 15) is 9.90 Å². The molecule has 3 aromatic rings. The highest BCUT2D eigenvalue weighted by atomic mass is 16.3. The van der Waals surface area contributed by atoms with Crippen LogP contribution in [0.5, 0.6) is 5.75 Å². The minimum atomic E-state index is -0.331. The number of piperazine rings is 1. The van der Waals surface area contributed by atoms with Crippen LogP contribution >= 0.6 is 0 Å². The van der Waals surface area contributed by atoms with Gasteiger partial charge in [0.25, 0.3) is 5.56 Å². The minimum Gasteiger partial charge on any atom is -0.507 e. The standard InChI is InChI=1S/C25H30N4O2/c1-3-27-12-14-28(15-13-27)24(21-10-7-11-26-17-21)23-22(30)16-19(2)29(25(23)31)18-20-8-5-4-6-9-20/h4-11,16-17,24,30H,3,12-15,18H2,1-2H3/t24-/m1/s1. The number of pyridine rings is 2. The Morgan fingerprint density at radius 3 is 2.45 bits per heavy atom. The van der Waals surface area contributed by atoms with Gasteiger partial charge in [-0.3, -0.25) is 14.7 Å². The SMILES string of the molecule is CCN1CCN([C@H](c2cccnc2)c2c(O)cc(C)n(Cc3ccccc3)c2=O)CC1. The first-order chi connectivity index (χ1) is 15.1. The molecule has 4 rings (SSSR count). The largest absolute Gasteiger partial charge is 0.507 e. The minimum absolute atomic E-state index is 0.0542. The monoisotopic (exact) mass is 418 g/mol. The Morgan fingerprint density at radius 1 is 1.06 bits per heavy atom. The molecule has 0 saturated carbocycles. The van der Waals surface area contributed by atoms with E-state index in [2.05, 4.69) is 21.7 Å². The third kappa shape index (κ3) is 4.55. The number of aryl methyl sites for hydroxylation is 1. The van der Waals surface area contributed by atoms with E-state index in [4.69, 9.17) is 0 Å². The molecule has 1 aromatic carbocycles. The summed E-state index contributed by atoms with van der Waals surface area (Å²) in [6.07, 6.45) is 3.54. The number of aromatic nitrogens is 2. The van der Waals surface area contributed by atoms with Gasteiger partial charge in [-0.1, -0.05) is 43.3 Å². The number of hydrogen-bond donors (Lipinski definition) is 1. The Morgan fingerprint density at radius 2 is 1.81 bits per heavy atom. The van der Waals surface area contributed by atoms with Gasteiger partial charge in [0.2, 0.25) is 0 Å². The fraction of sp³-hybridized carbons (Fsp3) is 0.360. The summed E-state index contributed by atoms with van der Waals surface area (Å²) in [5.41, 5.74) is 3.01. The molecule has 6 nitrogen and oxygen atoms in total. The van der Waals surface area contributed by atoms with E-state index in [-0.39, 0.29) is 17.4 Å². The lowest BCUT2D eigenvalue weighted by molar-refractivity contribution is 0.111. The summed E-state index contributed by atoms with van der Waals surface area (Å²) in [7, 11) is 0. The van der Waals surface area contributed by atoms with Gasteiger partial charge in [-0.2, -0.15) is 0 Å². The van der Waals surface area contributed by atoms with Crippen LogP contribution in [0.2, 0.25) is 0 Å². The second kappa shape index (κ2) is 9.45. The fourth-order valence-corrected chi connectivity index (χ4v) is 4.42. The lowest BCUT2D eigenvalue weighted by Gasteiger charge is -2.39. The number of aromatic hydroxyl groups is 1. The topological polar surface area (TPSA) is 61.6 Å². The maximum Gasteiger partial charge on any atom is 0.259 e. The summed E-state index contributed by atoms with van der Waals surface area (Å²) < 4.78 is 1.76. The van der Waals surface area contributed by atoms with Crippen LogP contribution in [0.4, 0.5) is 0 Å². The number of hydrogen-bond acceptors (Lipinski definition) is 5. The van der Waals surface area contributed by atoms with Crippen LogP contribution in [-0.2, 0) is 6.54 Å². The Bertz CT molecular complexity index is 1060. The zero-order chi connectivity index (χ0) is 21.8. The third-order valence-corrected chi connectivity index (χ3v) is 6.20. The average Bonchev–Trinajstić information content (AvgIpc) is 2.81. The van der Waals surface area contributed by atoms with E-state index in [0.717, 1.165) is 49.5 Å². The average molecular weight is 419 g/mol. The summed E-state index contributed by atoms with van der Waals surface area (Å²) in [4.78, 5) is 22.7. The number of rotatable bonds is 6. The van der Waals surface area contributed by atoms with Crippen LogP contribution in [-0.4, -0.2) is 57.2 Å². The Labute approximate surface area is 183 Å². The summed E-state index contributed by atoms with van der Waals surface area (Å²) in [5.74, 6) is 0.0542. The van der Waals surface area contributed by atoms with E-state index >= 15 is 0 Å². The first-order valence-electron chi connectivity index (χ1n) is 10.9. The van der Waals surface area contributed by atoms with Gasteiger partial charge in [0, 0.05) is 44.3 Å². The highest BCUT2D eigenvalue weighted by Crippen LogP contribution is 2.33. The number of benzene rings is 1. The lowest BCUT2D eigenvalue weighted by Crippen LogP contribution is -2.48. The molecular weight excluding hydrogens is 388 g/mol. The van der Waals surface area contributed by atoms with Gasteiger partial charge in [-0.05, 0) is 36.7 Å². The molecule has 3 heterocycles. The van der Waals surface area contributed by atoms with Crippen LogP contribution in [0.3, 0.4) is 0 Å². The van der Waals surface area contributed by atoms with Crippen molar-refractivity contribution >= 4 is 0 Å². The Kier molecular flexibility index (Phi) is 6.49. The second-order valence-electron chi connectivity index (χ2n) is 8.12. The van der Waals surface area contributed by atoms with Crippen LogP contribution in [0.1, 0.15) is 35.3 Å². The number of nitrogens with zero attached hydrogens (tertiary/aromatic N) is 4. The fourth-order valence-electron chi connectivity index (χ4n) is 4.42. The second-order valence-corrected chi connectivity index (χ2v) is 8.12. The number of likely N-dealkylation sites (N-methyl/N-ethyl adjacent to an activating group) is 1. The predicted octanol–water partition coefficient (Wildman–Crippen LogP) is 3.03. The quantitative estimate of drug-likeness (QED) is 0.667. The van der Waals surface area contributed by atoms with E-state index in [1.165, 1.54) is 0 Å². The van der Waals surface area contributed by atoms with Crippen LogP contribution in [0, 0.1) is 6.92 Å². The summed E-state index contributed by atoms with van der Waals surface area (Å²) in [6, 6.07) is 15.2. The zero-order valence-corrected chi connectivity index (χ0v) is 18.2. The molecule has 6 heteroatoms. The lowest BCUT2D eigenvalue weighted by atomic mass is 9.97. The van der Waals surface area contributed by atoms with E-state index < -0.39 is 0 Å². The summed E-state index contributed by atoms with van der Waals surface area (Å²) >= 11 is 0. The van der Waals surface area contributed by atoms with Crippen molar-refractivity contribution in [2.75, 3.05) is 32.7 Å². The maximum absolute atomic E-state index is 13.7. The van der Waals surface area contributed by atoms with Gasteiger partial charge >= 0.3 is 0 Å². The predicted molar refractivity (Wildman–Crippen MR) is 122 cm³/mol. The molecule has 0 unspecified atom stereocenters. The van der Waals surface area contributed by atoms with Crippen molar-refractivity contribution in [1.29, 1.82) is 0 Å². The van der Waals surface area contributed by atoms with Crippen molar-refractivity contribution in [3.63, 3.8) is 0 Å². The molecule has 0 bridgehead atoms. The van der Waals surface area contributed by atoms with Crippen molar-refractivity contribution in [2.24, 2.45) is 0 Å². The first-order valence-corrected chi connectivity index (χ1v) is 10.9. The molecule has 0 aliphatic carbocycles. The normalized spacial score (nSPS) is 16.3. The van der Waals surface area contributed by atoms with E-state index in [1.54, 1.807) is 23.0 Å². The molecule has 1 aliphatic heterocycles. The highest BCUT2D eigenvalue weighted by Gasteiger charge is 2.31. The molecule has 2 aromatic heterocycles. The summed E-state index contributed by atoms with van der Waals surface area (Å²) in [6.45, 7) is 9.08. The first kappa shape index (κ1) is 21.3. The molecule has 1 fully saturated rings. The molecule has 0 spiro atoms. The van der Waals surface area contributed by atoms with Crippen molar-refractivity contribution < 1.29 is 5.11 Å². The molecular formula is C25H30N4O2. The van der Waals surface area contributed by atoms with E-state index in [1.807, 2.05) is 49.4 Å². The van der Waals surface area contributed by atoms with E-state index in [0.29, 0.717) is 12.1 Å². The van der Waals surface area contributed by atoms with Gasteiger partial charge < -0.3 is 14.6 Å². The molecule has 1 atom stereocenters. The molecule has 31 heavy (non-hydrogen) atoms. The molecule has 1 aliphatic rings. The van der Waals surface area contributed by atoms with Gasteiger partial charge in [-0.15, -0.1) is 0 Å². The van der Waals surface area contributed by atoms with Gasteiger partial charge in [-0.25, -0.2) is 0 Å². The van der Waals surface area contributed by atoms with Gasteiger partial charge in [0.05, 0.1) is 18.2 Å². The Hall–Kier alpha value is -2.96. The molecule has 162 valence electrons. The smallest absolute Gasteiger partial charge is 0.259 e. The van der Waals surface area contributed by atoms with Crippen molar-refractivity contribution in [2.45, 2.75) is 26.4 Å².